The Hall–Kier alpha value is -3.72. The van der Waals surface area contributed by atoms with Crippen molar-refractivity contribution in [3.8, 4) is 23.0 Å². The van der Waals surface area contributed by atoms with Crippen molar-refractivity contribution in [3.05, 3.63) is 69.9 Å². The van der Waals surface area contributed by atoms with E-state index in [-0.39, 0.29) is 24.3 Å². The predicted molar refractivity (Wildman–Crippen MR) is 153 cm³/mol. The number of hydrogen-bond acceptors (Lipinski definition) is 7. The van der Waals surface area contributed by atoms with Crippen LogP contribution in [0.3, 0.4) is 0 Å². The van der Waals surface area contributed by atoms with Crippen molar-refractivity contribution in [2.24, 2.45) is 5.92 Å². The van der Waals surface area contributed by atoms with E-state index in [1.165, 1.54) is 7.11 Å². The number of nitrogens with zero attached hydrogens (tertiary/aromatic N) is 2. The van der Waals surface area contributed by atoms with Crippen LogP contribution in [0.1, 0.15) is 34.6 Å². The first-order valence-electron chi connectivity index (χ1n) is 12.8. The first-order chi connectivity index (χ1) is 18.8. The van der Waals surface area contributed by atoms with Crippen molar-refractivity contribution in [2.75, 3.05) is 48.1 Å². The number of carbonyl (C=O) groups excluding carboxylic acids is 2. The lowest BCUT2D eigenvalue weighted by molar-refractivity contribution is -0.132. The third kappa shape index (κ3) is 8.13. The van der Waals surface area contributed by atoms with Crippen LogP contribution < -0.4 is 18.9 Å². The number of benzene rings is 2. The number of hydrogen-bond donors (Lipinski definition) is 0. The molecule has 1 heterocycles. The molecule has 0 radical (unpaired) electrons. The van der Waals surface area contributed by atoms with Gasteiger partial charge in [-0.3, -0.25) is 9.59 Å². The van der Waals surface area contributed by atoms with Gasteiger partial charge in [-0.05, 0) is 53.6 Å². The molecule has 0 aliphatic carbocycles. The summed E-state index contributed by atoms with van der Waals surface area (Å²) in [5.74, 6) is 2.09. The largest absolute Gasteiger partial charge is 0.497 e. The zero-order valence-electron chi connectivity index (χ0n) is 23.6. The van der Waals surface area contributed by atoms with Crippen molar-refractivity contribution in [1.82, 2.24) is 9.80 Å². The third-order valence-electron chi connectivity index (χ3n) is 6.24. The second-order valence-corrected chi connectivity index (χ2v) is 10.5. The Morgan fingerprint density at radius 3 is 2.21 bits per heavy atom. The molecule has 0 bridgehead atoms. The van der Waals surface area contributed by atoms with E-state index < -0.39 is 0 Å². The van der Waals surface area contributed by atoms with Gasteiger partial charge in [0, 0.05) is 24.0 Å². The summed E-state index contributed by atoms with van der Waals surface area (Å²) >= 11 is 1.60. The summed E-state index contributed by atoms with van der Waals surface area (Å²) in [6.45, 7) is 5.40. The fraction of sp³-hybridized carbons (Fsp3) is 0.400. The number of carbonyl (C=O) groups is 2. The summed E-state index contributed by atoms with van der Waals surface area (Å²) in [5, 5.41) is 2.00. The average molecular weight is 555 g/mol. The van der Waals surface area contributed by atoms with Crippen molar-refractivity contribution in [3.63, 3.8) is 0 Å². The number of ether oxygens (including phenoxy) is 4. The molecule has 1 aromatic heterocycles. The molecule has 9 heteroatoms. The van der Waals surface area contributed by atoms with Gasteiger partial charge in [-0.25, -0.2) is 0 Å². The molecule has 2 aromatic carbocycles. The van der Waals surface area contributed by atoms with Crippen LogP contribution in [0.15, 0.2) is 53.9 Å². The van der Waals surface area contributed by atoms with E-state index in [0.29, 0.717) is 54.6 Å². The Labute approximate surface area is 235 Å². The Kier molecular flexibility index (Phi) is 11.0. The monoisotopic (exact) mass is 554 g/mol. The Bertz CT molecular complexity index is 1230. The lowest BCUT2D eigenvalue weighted by atomic mass is 10.1. The Morgan fingerprint density at radius 1 is 0.846 bits per heavy atom. The minimum atomic E-state index is -0.257. The van der Waals surface area contributed by atoms with Crippen molar-refractivity contribution >= 4 is 23.2 Å². The van der Waals surface area contributed by atoms with Crippen molar-refractivity contribution in [1.29, 1.82) is 0 Å². The van der Waals surface area contributed by atoms with Gasteiger partial charge in [-0.1, -0.05) is 26.0 Å². The molecule has 0 aliphatic heterocycles. The summed E-state index contributed by atoms with van der Waals surface area (Å²) in [6.07, 6.45) is 0.627. The summed E-state index contributed by atoms with van der Waals surface area (Å²) in [4.78, 5) is 31.9. The van der Waals surface area contributed by atoms with E-state index in [1.807, 2.05) is 54.5 Å². The number of rotatable bonds is 14. The van der Waals surface area contributed by atoms with Gasteiger partial charge in [-0.2, -0.15) is 0 Å². The molecule has 0 fully saturated rings. The third-order valence-corrected chi connectivity index (χ3v) is 7.10. The highest BCUT2D eigenvalue weighted by molar-refractivity contribution is 7.09. The number of amides is 2. The molecular weight excluding hydrogens is 516 g/mol. The van der Waals surface area contributed by atoms with Gasteiger partial charge in [0.1, 0.15) is 18.0 Å². The van der Waals surface area contributed by atoms with Gasteiger partial charge in [0.2, 0.25) is 5.91 Å². The summed E-state index contributed by atoms with van der Waals surface area (Å²) in [6, 6.07) is 14.8. The fourth-order valence-electron chi connectivity index (χ4n) is 4.25. The second kappa shape index (κ2) is 14.4. The van der Waals surface area contributed by atoms with E-state index >= 15 is 0 Å². The topological polar surface area (TPSA) is 77.5 Å². The van der Waals surface area contributed by atoms with Gasteiger partial charge in [-0.15, -0.1) is 11.3 Å². The van der Waals surface area contributed by atoms with Crippen molar-refractivity contribution < 1.29 is 28.5 Å². The molecule has 0 N–H and O–H groups in total. The quantitative estimate of drug-likeness (QED) is 0.274. The maximum atomic E-state index is 13.7. The first-order valence-corrected chi connectivity index (χ1v) is 13.7. The van der Waals surface area contributed by atoms with E-state index in [9.17, 15) is 9.59 Å². The molecule has 0 aliphatic rings. The van der Waals surface area contributed by atoms with Crippen molar-refractivity contribution in [2.45, 2.75) is 26.8 Å². The highest BCUT2D eigenvalue weighted by atomic mass is 32.1. The molecule has 8 nitrogen and oxygen atoms in total. The van der Waals surface area contributed by atoms with E-state index in [4.69, 9.17) is 18.9 Å². The van der Waals surface area contributed by atoms with E-state index in [0.717, 1.165) is 10.4 Å². The van der Waals surface area contributed by atoms with Crippen LogP contribution in [-0.2, 0) is 17.8 Å². The van der Waals surface area contributed by atoms with Gasteiger partial charge in [0.05, 0.1) is 40.5 Å². The Morgan fingerprint density at radius 2 is 1.59 bits per heavy atom. The minimum absolute atomic E-state index is 0.0382. The molecule has 0 atom stereocenters. The molecule has 210 valence electrons. The predicted octanol–water partition coefficient (Wildman–Crippen LogP) is 5.15. The first kappa shape index (κ1) is 29.8. The molecule has 0 saturated carbocycles. The molecular formula is C30H38N2O6S. The van der Waals surface area contributed by atoms with Crippen LogP contribution in [0.5, 0.6) is 23.0 Å². The summed E-state index contributed by atoms with van der Waals surface area (Å²) < 4.78 is 21.5. The fourth-order valence-corrected chi connectivity index (χ4v) is 4.97. The zero-order valence-corrected chi connectivity index (χ0v) is 24.4. The van der Waals surface area contributed by atoms with Crippen LogP contribution in [-0.4, -0.2) is 69.7 Å². The Balaban J connectivity index is 1.82. The highest BCUT2D eigenvalue weighted by Gasteiger charge is 2.26. The summed E-state index contributed by atoms with van der Waals surface area (Å²) in [7, 11) is 6.28. The van der Waals surface area contributed by atoms with Crippen LogP contribution in [0.4, 0.5) is 0 Å². The molecule has 39 heavy (non-hydrogen) atoms. The van der Waals surface area contributed by atoms with Crippen LogP contribution in [0.25, 0.3) is 0 Å². The van der Waals surface area contributed by atoms with Gasteiger partial charge in [0.25, 0.3) is 5.91 Å². The van der Waals surface area contributed by atoms with Gasteiger partial charge < -0.3 is 28.7 Å². The maximum absolute atomic E-state index is 13.7. The normalized spacial score (nSPS) is 10.7. The number of thiophene rings is 1. The van der Waals surface area contributed by atoms with Crippen LogP contribution >= 0.6 is 11.3 Å². The maximum Gasteiger partial charge on any atom is 0.258 e. The molecule has 0 spiro atoms. The highest BCUT2D eigenvalue weighted by Crippen LogP contribution is 2.28. The SMILES string of the molecule is COc1ccc(C(=O)N(CC(=O)N(CCc2ccc(OC)c(OC)c2)Cc2cccs2)CC(C)C)c(OC)c1. The van der Waals surface area contributed by atoms with Gasteiger partial charge >= 0.3 is 0 Å². The van der Waals surface area contributed by atoms with Crippen LogP contribution in [0, 0.1) is 5.92 Å². The number of methoxy groups -OCH3 is 4. The smallest absolute Gasteiger partial charge is 0.258 e. The molecule has 3 aromatic rings. The molecule has 3 rings (SSSR count). The average Bonchev–Trinajstić information content (AvgIpc) is 3.46. The zero-order chi connectivity index (χ0) is 28.4. The van der Waals surface area contributed by atoms with Crippen LogP contribution in [0.2, 0.25) is 0 Å². The minimum Gasteiger partial charge on any atom is -0.497 e. The van der Waals surface area contributed by atoms with Gasteiger partial charge in [0.15, 0.2) is 11.5 Å². The summed E-state index contributed by atoms with van der Waals surface area (Å²) in [5.41, 5.74) is 1.41. The lowest BCUT2D eigenvalue weighted by Crippen LogP contribution is -2.44. The lowest BCUT2D eigenvalue weighted by Gasteiger charge is -2.29. The molecule has 0 saturated heterocycles. The molecule has 2 amide bonds. The van der Waals surface area contributed by atoms with E-state index in [2.05, 4.69) is 0 Å². The van der Waals surface area contributed by atoms with E-state index in [1.54, 1.807) is 55.8 Å². The molecule has 0 unspecified atom stereocenters. The second-order valence-electron chi connectivity index (χ2n) is 9.48. The standard InChI is InChI=1S/C30H38N2O6S/c1-21(2)18-32(30(34)25-11-10-23(35-3)17-27(25)37-5)20-29(33)31(19-24-8-7-15-39-24)14-13-22-9-12-26(36-4)28(16-22)38-6/h7-12,15-17,21H,13-14,18-20H2,1-6H3.